The van der Waals surface area contributed by atoms with Crippen LogP contribution in [0.1, 0.15) is 63.3 Å². The van der Waals surface area contributed by atoms with Gasteiger partial charge in [-0.1, -0.05) is 31.3 Å². The molecule has 1 aliphatic rings. The van der Waals surface area contributed by atoms with E-state index in [4.69, 9.17) is 9.26 Å². The topological polar surface area (TPSA) is 85.5 Å². The molecule has 0 aromatic carbocycles. The number of carboxylic acids is 1. The van der Waals surface area contributed by atoms with E-state index in [9.17, 15) is 9.90 Å². The highest BCUT2D eigenvalue weighted by molar-refractivity contribution is 5.75. The fourth-order valence-corrected chi connectivity index (χ4v) is 2.89. The molecule has 1 fully saturated rings. The fraction of sp³-hybridized carbons (Fsp3) is 0.786. The highest BCUT2D eigenvalue weighted by Crippen LogP contribution is 2.41. The van der Waals surface area contributed by atoms with Crippen molar-refractivity contribution in [1.29, 1.82) is 0 Å². The van der Waals surface area contributed by atoms with Crippen LogP contribution in [0, 0.1) is 5.41 Å². The number of ether oxygens (including phenoxy) is 1. The van der Waals surface area contributed by atoms with Crippen LogP contribution < -0.4 is 0 Å². The second kappa shape index (κ2) is 6.35. The average Bonchev–Trinajstić information content (AvgIpc) is 3.06. The summed E-state index contributed by atoms with van der Waals surface area (Å²) >= 11 is 0. The maximum Gasteiger partial charge on any atom is 0.310 e. The second-order valence-corrected chi connectivity index (χ2v) is 5.53. The average molecular weight is 282 g/mol. The first-order valence-corrected chi connectivity index (χ1v) is 7.20. The monoisotopic (exact) mass is 282 g/mol. The molecule has 20 heavy (non-hydrogen) atoms. The van der Waals surface area contributed by atoms with Crippen LogP contribution in [-0.4, -0.2) is 28.3 Å². The molecular formula is C14H22N2O4. The molecule has 1 saturated carbocycles. The molecule has 0 amide bonds. The van der Waals surface area contributed by atoms with Gasteiger partial charge in [0.2, 0.25) is 11.7 Å². The van der Waals surface area contributed by atoms with Gasteiger partial charge in [-0.2, -0.15) is 4.98 Å². The Morgan fingerprint density at radius 3 is 2.75 bits per heavy atom. The minimum absolute atomic E-state index is 0.179. The Morgan fingerprint density at radius 1 is 1.50 bits per heavy atom. The maximum atomic E-state index is 11.5. The molecule has 0 spiro atoms. The summed E-state index contributed by atoms with van der Waals surface area (Å²) in [6, 6.07) is 0. The van der Waals surface area contributed by atoms with Gasteiger partial charge in [0.15, 0.2) is 0 Å². The van der Waals surface area contributed by atoms with Crippen molar-refractivity contribution < 1.29 is 19.2 Å². The van der Waals surface area contributed by atoms with Gasteiger partial charge < -0.3 is 14.4 Å². The molecule has 1 aliphatic carbocycles. The molecule has 1 aromatic rings. The molecule has 1 aromatic heterocycles. The van der Waals surface area contributed by atoms with Crippen molar-refractivity contribution in [3.63, 3.8) is 0 Å². The van der Waals surface area contributed by atoms with Gasteiger partial charge in [-0.25, -0.2) is 0 Å². The summed E-state index contributed by atoms with van der Waals surface area (Å²) in [6.07, 6.45) is 5.18. The van der Waals surface area contributed by atoms with E-state index >= 15 is 0 Å². The van der Waals surface area contributed by atoms with Crippen molar-refractivity contribution in [1.82, 2.24) is 10.1 Å². The van der Waals surface area contributed by atoms with Gasteiger partial charge >= 0.3 is 5.97 Å². The van der Waals surface area contributed by atoms with E-state index in [0.717, 1.165) is 25.7 Å². The van der Waals surface area contributed by atoms with Crippen molar-refractivity contribution in [2.75, 3.05) is 7.11 Å². The zero-order valence-electron chi connectivity index (χ0n) is 12.1. The van der Waals surface area contributed by atoms with Crippen molar-refractivity contribution in [2.45, 2.75) is 58.0 Å². The lowest BCUT2D eigenvalue weighted by Crippen LogP contribution is -2.30. The zero-order valence-corrected chi connectivity index (χ0v) is 12.1. The molecular weight excluding hydrogens is 260 g/mol. The summed E-state index contributed by atoms with van der Waals surface area (Å²) in [5, 5.41) is 13.4. The van der Waals surface area contributed by atoms with Crippen LogP contribution >= 0.6 is 0 Å². The quantitative estimate of drug-likeness (QED) is 0.827. The van der Waals surface area contributed by atoms with Gasteiger partial charge in [-0.05, 0) is 19.3 Å². The first-order valence-electron chi connectivity index (χ1n) is 7.20. The second-order valence-electron chi connectivity index (χ2n) is 5.53. The Hall–Kier alpha value is -1.43. The summed E-state index contributed by atoms with van der Waals surface area (Å²) in [7, 11) is 1.62. The SMILES string of the molecule is CCCC(OC)c1noc(CC2(C(=O)O)CCCC2)n1. The van der Waals surface area contributed by atoms with Crippen LogP contribution in [0.4, 0.5) is 0 Å². The highest BCUT2D eigenvalue weighted by atomic mass is 16.5. The number of carbonyl (C=O) groups is 1. The Balaban J connectivity index is 2.10. The number of aromatic nitrogens is 2. The lowest BCUT2D eigenvalue weighted by Gasteiger charge is -2.21. The molecule has 1 atom stereocenters. The fourth-order valence-electron chi connectivity index (χ4n) is 2.89. The molecule has 1 heterocycles. The van der Waals surface area contributed by atoms with Crippen LogP contribution in [0.2, 0.25) is 0 Å². The molecule has 1 unspecified atom stereocenters. The van der Waals surface area contributed by atoms with E-state index in [1.54, 1.807) is 7.11 Å². The summed E-state index contributed by atoms with van der Waals surface area (Å²) < 4.78 is 10.6. The Bertz CT molecular complexity index is 452. The first-order chi connectivity index (χ1) is 9.61. The molecule has 1 N–H and O–H groups in total. The molecule has 112 valence electrons. The highest BCUT2D eigenvalue weighted by Gasteiger charge is 2.43. The van der Waals surface area contributed by atoms with E-state index in [1.807, 2.05) is 0 Å². The van der Waals surface area contributed by atoms with Crippen molar-refractivity contribution in [3.05, 3.63) is 11.7 Å². The third-order valence-electron chi connectivity index (χ3n) is 4.11. The van der Waals surface area contributed by atoms with Crippen LogP contribution in [0.25, 0.3) is 0 Å². The largest absolute Gasteiger partial charge is 0.481 e. The first kappa shape index (κ1) is 15.0. The molecule has 0 aliphatic heterocycles. The predicted molar refractivity (Wildman–Crippen MR) is 71.2 cm³/mol. The zero-order chi connectivity index (χ0) is 14.6. The van der Waals surface area contributed by atoms with Crippen LogP contribution in [0.3, 0.4) is 0 Å². The van der Waals surface area contributed by atoms with Gasteiger partial charge in [0, 0.05) is 13.5 Å². The Morgan fingerprint density at radius 2 is 2.20 bits per heavy atom. The molecule has 0 saturated heterocycles. The van der Waals surface area contributed by atoms with Crippen LogP contribution in [-0.2, 0) is 16.0 Å². The molecule has 6 heteroatoms. The van der Waals surface area contributed by atoms with E-state index in [0.29, 0.717) is 31.0 Å². The predicted octanol–water partition coefficient (Wildman–Crippen LogP) is 2.74. The minimum Gasteiger partial charge on any atom is -0.481 e. The van der Waals surface area contributed by atoms with Crippen molar-refractivity contribution in [3.8, 4) is 0 Å². The van der Waals surface area contributed by atoms with Crippen LogP contribution in [0.15, 0.2) is 4.52 Å². The van der Waals surface area contributed by atoms with Crippen molar-refractivity contribution >= 4 is 5.97 Å². The number of methoxy groups -OCH3 is 1. The third-order valence-corrected chi connectivity index (χ3v) is 4.11. The van der Waals surface area contributed by atoms with Gasteiger partial charge in [0.25, 0.3) is 0 Å². The third kappa shape index (κ3) is 3.00. The lowest BCUT2D eigenvalue weighted by atomic mass is 9.83. The lowest BCUT2D eigenvalue weighted by molar-refractivity contribution is -0.148. The Kier molecular flexibility index (Phi) is 4.75. The number of hydrogen-bond donors (Lipinski definition) is 1. The van der Waals surface area contributed by atoms with Gasteiger partial charge in [-0.3, -0.25) is 4.79 Å². The van der Waals surface area contributed by atoms with Gasteiger partial charge in [-0.15, -0.1) is 0 Å². The van der Waals surface area contributed by atoms with Crippen LogP contribution in [0.5, 0.6) is 0 Å². The van der Waals surface area contributed by atoms with Gasteiger partial charge in [0.05, 0.1) is 5.41 Å². The standard InChI is InChI=1S/C14H22N2O4/c1-3-6-10(19-2)12-15-11(20-16-12)9-14(13(17)18)7-4-5-8-14/h10H,3-9H2,1-2H3,(H,17,18). The number of rotatable bonds is 7. The molecule has 0 bridgehead atoms. The normalized spacial score (nSPS) is 19.1. The summed E-state index contributed by atoms with van der Waals surface area (Å²) in [4.78, 5) is 15.8. The number of nitrogens with zero attached hydrogens (tertiary/aromatic N) is 2. The molecule has 6 nitrogen and oxygen atoms in total. The number of hydrogen-bond acceptors (Lipinski definition) is 5. The van der Waals surface area contributed by atoms with E-state index in [-0.39, 0.29) is 6.10 Å². The summed E-state index contributed by atoms with van der Waals surface area (Å²) in [6.45, 7) is 2.06. The number of carboxylic acid groups (broad SMARTS) is 1. The summed E-state index contributed by atoms with van der Waals surface area (Å²) in [5.74, 6) is 0.164. The number of aliphatic carboxylic acids is 1. The summed E-state index contributed by atoms with van der Waals surface area (Å²) in [5.41, 5.74) is -0.725. The minimum atomic E-state index is -0.758. The van der Waals surface area contributed by atoms with E-state index < -0.39 is 11.4 Å². The maximum absolute atomic E-state index is 11.5. The van der Waals surface area contributed by atoms with E-state index in [1.165, 1.54) is 0 Å². The van der Waals surface area contributed by atoms with Crippen molar-refractivity contribution in [2.24, 2.45) is 5.41 Å². The molecule has 0 radical (unpaired) electrons. The smallest absolute Gasteiger partial charge is 0.310 e. The Labute approximate surface area is 118 Å². The van der Waals surface area contributed by atoms with E-state index in [2.05, 4.69) is 17.1 Å². The molecule has 2 rings (SSSR count). The van der Waals surface area contributed by atoms with Gasteiger partial charge in [0.1, 0.15) is 6.10 Å².